The molecule has 0 aromatic carbocycles. The van der Waals surface area contributed by atoms with E-state index in [1.54, 1.807) is 25.7 Å². The maximum Gasteiger partial charge on any atom is 0.315 e. The van der Waals surface area contributed by atoms with Crippen LogP contribution in [0.25, 0.3) is 0 Å². The van der Waals surface area contributed by atoms with Gasteiger partial charge in [-0.2, -0.15) is 0 Å². The van der Waals surface area contributed by atoms with Crippen molar-refractivity contribution < 1.29 is 33.9 Å². The summed E-state index contributed by atoms with van der Waals surface area (Å²) in [5.41, 5.74) is -0.766. The standard InChI is InChI=1S/C28H50N6O7/c1-8-18(9-2)30-27(41)33-23(28(5,6)7)26(40)32-19(14-21(35)34-12-10-11-13-34)25(39)31-20(15-22(36)37)24(38)29-16-17(3)4/h17-20,23H,8-16H2,1-7H3,(H,29,38)(H,31,39)(H,32,40)(H,36,37)(H2,30,33,41)/t19-,20-,23+/m0/s1. The van der Waals surface area contributed by atoms with Crippen LogP contribution in [0.1, 0.15) is 87.0 Å². The minimum absolute atomic E-state index is 0.0803. The zero-order valence-electron chi connectivity index (χ0n) is 25.6. The predicted octanol–water partition coefficient (Wildman–Crippen LogP) is 1.12. The van der Waals surface area contributed by atoms with E-state index in [4.69, 9.17) is 0 Å². The summed E-state index contributed by atoms with van der Waals surface area (Å²) in [4.78, 5) is 78.3. The lowest BCUT2D eigenvalue weighted by Gasteiger charge is -2.32. The molecule has 0 bridgehead atoms. The first-order valence-electron chi connectivity index (χ1n) is 14.5. The number of carboxylic acids is 1. The number of hydrogen-bond donors (Lipinski definition) is 6. The van der Waals surface area contributed by atoms with Gasteiger partial charge in [0.05, 0.1) is 12.8 Å². The lowest BCUT2D eigenvalue weighted by molar-refractivity contribution is -0.142. The second kappa shape index (κ2) is 16.8. The molecule has 1 fully saturated rings. The minimum atomic E-state index is -1.41. The summed E-state index contributed by atoms with van der Waals surface area (Å²) in [5, 5.41) is 22.5. The van der Waals surface area contributed by atoms with E-state index in [0.29, 0.717) is 25.9 Å². The highest BCUT2D eigenvalue weighted by atomic mass is 16.4. The van der Waals surface area contributed by atoms with Crippen LogP contribution in [0.4, 0.5) is 4.79 Å². The van der Waals surface area contributed by atoms with Crippen molar-refractivity contribution >= 4 is 35.6 Å². The molecule has 0 aromatic rings. The van der Waals surface area contributed by atoms with Gasteiger partial charge in [-0.3, -0.25) is 24.0 Å². The first-order valence-corrected chi connectivity index (χ1v) is 14.5. The first kappa shape index (κ1) is 35.6. The first-order chi connectivity index (χ1) is 19.1. The largest absolute Gasteiger partial charge is 0.481 e. The fourth-order valence-electron chi connectivity index (χ4n) is 4.35. The summed E-state index contributed by atoms with van der Waals surface area (Å²) < 4.78 is 0. The van der Waals surface area contributed by atoms with Gasteiger partial charge in [-0.05, 0) is 37.0 Å². The summed E-state index contributed by atoms with van der Waals surface area (Å²) in [6, 6.07) is -4.51. The van der Waals surface area contributed by atoms with Crippen LogP contribution >= 0.6 is 0 Å². The molecule has 3 atom stereocenters. The fourth-order valence-corrected chi connectivity index (χ4v) is 4.35. The number of nitrogens with zero attached hydrogens (tertiary/aromatic N) is 1. The maximum absolute atomic E-state index is 13.5. The molecular weight excluding hydrogens is 532 g/mol. The van der Waals surface area contributed by atoms with Crippen molar-refractivity contribution in [3.05, 3.63) is 0 Å². The van der Waals surface area contributed by atoms with Gasteiger partial charge in [0.2, 0.25) is 23.6 Å². The molecule has 1 aliphatic heterocycles. The number of likely N-dealkylation sites (tertiary alicyclic amines) is 1. The summed E-state index contributed by atoms with van der Waals surface area (Å²) in [7, 11) is 0. The molecule has 13 heteroatoms. The van der Waals surface area contributed by atoms with Crippen LogP contribution < -0.4 is 26.6 Å². The van der Waals surface area contributed by atoms with Crippen molar-refractivity contribution in [1.82, 2.24) is 31.5 Å². The van der Waals surface area contributed by atoms with Gasteiger partial charge in [-0.1, -0.05) is 48.5 Å². The lowest BCUT2D eigenvalue weighted by atomic mass is 9.86. The number of carbonyl (C=O) groups is 6. The average molecular weight is 583 g/mol. The van der Waals surface area contributed by atoms with Gasteiger partial charge in [0.1, 0.15) is 18.1 Å². The normalized spacial score (nSPS) is 15.6. The van der Waals surface area contributed by atoms with E-state index in [9.17, 15) is 33.9 Å². The zero-order valence-corrected chi connectivity index (χ0v) is 25.6. The number of amides is 6. The Morgan fingerprint density at radius 3 is 1.80 bits per heavy atom. The van der Waals surface area contributed by atoms with Crippen molar-refractivity contribution in [2.75, 3.05) is 19.6 Å². The van der Waals surface area contributed by atoms with Crippen LogP contribution in [0, 0.1) is 11.3 Å². The van der Waals surface area contributed by atoms with Gasteiger partial charge in [0.25, 0.3) is 0 Å². The molecule has 0 aromatic heterocycles. The SMILES string of the molecule is CCC(CC)NC(=O)N[C@H](C(=O)N[C@@H](CC(=O)N1CCCC1)C(=O)N[C@@H](CC(=O)O)C(=O)NCC(C)C)C(C)(C)C. The highest BCUT2D eigenvalue weighted by Crippen LogP contribution is 2.20. The number of hydrogen-bond acceptors (Lipinski definition) is 6. The monoisotopic (exact) mass is 582 g/mol. The van der Waals surface area contributed by atoms with Crippen molar-refractivity contribution in [3.8, 4) is 0 Å². The molecule has 13 nitrogen and oxygen atoms in total. The molecule has 1 heterocycles. The maximum atomic E-state index is 13.5. The van der Waals surface area contributed by atoms with Crippen LogP contribution in [0.3, 0.4) is 0 Å². The highest BCUT2D eigenvalue weighted by molar-refractivity contribution is 5.97. The van der Waals surface area contributed by atoms with Crippen molar-refractivity contribution in [3.63, 3.8) is 0 Å². The van der Waals surface area contributed by atoms with E-state index in [-0.39, 0.29) is 30.8 Å². The molecule has 1 rings (SSSR count). The molecule has 234 valence electrons. The van der Waals surface area contributed by atoms with Gasteiger partial charge in [-0.15, -0.1) is 0 Å². The number of rotatable bonds is 15. The van der Waals surface area contributed by atoms with Gasteiger partial charge >= 0.3 is 12.0 Å². The topological polar surface area (TPSA) is 186 Å². The van der Waals surface area contributed by atoms with E-state index < -0.39 is 59.7 Å². The molecule has 41 heavy (non-hydrogen) atoms. The van der Waals surface area contributed by atoms with Crippen LogP contribution in [-0.4, -0.2) is 89.4 Å². The molecule has 0 aliphatic carbocycles. The Bertz CT molecular complexity index is 923. The van der Waals surface area contributed by atoms with Crippen molar-refractivity contribution in [2.24, 2.45) is 11.3 Å². The van der Waals surface area contributed by atoms with E-state index in [1.807, 2.05) is 27.7 Å². The van der Waals surface area contributed by atoms with Crippen LogP contribution in [0.5, 0.6) is 0 Å². The highest BCUT2D eigenvalue weighted by Gasteiger charge is 2.37. The Balaban J connectivity index is 3.20. The molecule has 0 unspecified atom stereocenters. The molecule has 6 amide bonds. The molecule has 1 aliphatic rings. The van der Waals surface area contributed by atoms with E-state index >= 15 is 0 Å². The Morgan fingerprint density at radius 2 is 1.32 bits per heavy atom. The van der Waals surface area contributed by atoms with Gasteiger partial charge < -0.3 is 36.6 Å². The Kier molecular flexibility index (Phi) is 14.6. The number of carboxylic acid groups (broad SMARTS) is 1. The quantitative estimate of drug-likeness (QED) is 0.167. The van der Waals surface area contributed by atoms with Gasteiger partial charge in [0.15, 0.2) is 0 Å². The summed E-state index contributed by atoms with van der Waals surface area (Å²) in [6.07, 6.45) is 2.00. The molecule has 1 saturated heterocycles. The van der Waals surface area contributed by atoms with Crippen molar-refractivity contribution in [1.29, 1.82) is 0 Å². The van der Waals surface area contributed by atoms with Crippen LogP contribution in [0.2, 0.25) is 0 Å². The third kappa shape index (κ3) is 12.8. The second-order valence-corrected chi connectivity index (χ2v) is 12.1. The van der Waals surface area contributed by atoms with Gasteiger partial charge in [0, 0.05) is 25.7 Å². The third-order valence-electron chi connectivity index (χ3n) is 6.89. The Hall–Kier alpha value is -3.38. The van der Waals surface area contributed by atoms with Gasteiger partial charge in [-0.25, -0.2) is 4.79 Å². The zero-order chi connectivity index (χ0) is 31.3. The van der Waals surface area contributed by atoms with E-state index in [2.05, 4.69) is 26.6 Å². The predicted molar refractivity (Wildman–Crippen MR) is 154 cm³/mol. The van der Waals surface area contributed by atoms with E-state index in [0.717, 1.165) is 12.8 Å². The second-order valence-electron chi connectivity index (χ2n) is 12.1. The molecule has 0 spiro atoms. The minimum Gasteiger partial charge on any atom is -0.481 e. The summed E-state index contributed by atoms with van der Waals surface area (Å²) >= 11 is 0. The molecule has 0 saturated carbocycles. The van der Waals surface area contributed by atoms with Crippen LogP contribution in [-0.2, 0) is 24.0 Å². The number of nitrogens with one attached hydrogen (secondary N) is 5. The van der Waals surface area contributed by atoms with E-state index in [1.165, 1.54) is 0 Å². The fraction of sp³-hybridized carbons (Fsp3) is 0.786. The summed E-state index contributed by atoms with van der Waals surface area (Å²) in [6.45, 7) is 14.2. The average Bonchev–Trinajstić information content (AvgIpc) is 3.42. The van der Waals surface area contributed by atoms with Crippen LogP contribution in [0.15, 0.2) is 0 Å². The Morgan fingerprint density at radius 1 is 0.780 bits per heavy atom. The summed E-state index contributed by atoms with van der Waals surface area (Å²) in [5.74, 6) is -3.80. The molecular formula is C28H50N6O7. The Labute approximate surface area is 243 Å². The van der Waals surface area contributed by atoms with Crippen molar-refractivity contribution in [2.45, 2.75) is 111 Å². The number of carbonyl (C=O) groups excluding carboxylic acids is 5. The molecule has 0 radical (unpaired) electrons. The number of aliphatic carboxylic acids is 1. The number of urea groups is 1. The lowest BCUT2D eigenvalue weighted by Crippen LogP contribution is -2.61. The third-order valence-corrected chi connectivity index (χ3v) is 6.89. The smallest absolute Gasteiger partial charge is 0.315 e. The molecule has 6 N–H and O–H groups in total.